The number of carbonyl (C=O) groups is 1. The van der Waals surface area contributed by atoms with Gasteiger partial charge in [-0.2, -0.15) is 0 Å². The Labute approximate surface area is 104 Å². The first-order chi connectivity index (χ1) is 8.18. The predicted octanol–water partition coefficient (Wildman–Crippen LogP) is 2.39. The molecule has 0 aliphatic rings. The minimum Gasteiger partial charge on any atom is -0.481 e. The Balaban J connectivity index is 2.04. The fraction of sp³-hybridized carbons (Fsp3) is 0.250. The number of carboxylic acids is 1. The van der Waals surface area contributed by atoms with Crippen molar-refractivity contribution in [1.29, 1.82) is 0 Å². The van der Waals surface area contributed by atoms with E-state index in [1.807, 2.05) is 24.3 Å². The van der Waals surface area contributed by atoms with Crippen LogP contribution in [0.3, 0.4) is 0 Å². The maximum atomic E-state index is 10.3. The number of nitrogens with one attached hydrogen (secondary N) is 2. The second kappa shape index (κ2) is 5.21. The molecule has 90 valence electrons. The molecule has 2 aromatic rings. The molecule has 0 spiro atoms. The number of hydrogen-bond donors (Lipinski definition) is 3. The van der Waals surface area contributed by atoms with E-state index in [-0.39, 0.29) is 6.42 Å². The number of aliphatic carboxylic acids is 1. The van der Waals surface area contributed by atoms with Crippen LogP contribution in [0.25, 0.3) is 10.9 Å². The van der Waals surface area contributed by atoms with E-state index in [9.17, 15) is 4.79 Å². The summed E-state index contributed by atoms with van der Waals surface area (Å²) in [6.45, 7) is 0.974. The van der Waals surface area contributed by atoms with Gasteiger partial charge < -0.3 is 15.4 Å². The number of aromatic amines is 1. The van der Waals surface area contributed by atoms with E-state index < -0.39 is 5.97 Å². The quantitative estimate of drug-likeness (QED) is 0.716. The summed E-state index contributed by atoms with van der Waals surface area (Å²) in [7, 11) is 0. The minimum absolute atomic E-state index is 0.109. The van der Waals surface area contributed by atoms with Crippen molar-refractivity contribution in [2.24, 2.45) is 0 Å². The van der Waals surface area contributed by atoms with Crippen molar-refractivity contribution in [3.8, 4) is 0 Å². The third kappa shape index (κ3) is 2.78. The standard InChI is InChI=1S/C12H13ClN2O2/c13-12-8-3-1-2-4-9(8)15-10(12)7-14-6-5-11(16)17/h1-4,14-15H,5-7H2,(H,16,17). The molecule has 0 unspecified atom stereocenters. The molecule has 0 radical (unpaired) electrons. The summed E-state index contributed by atoms with van der Waals surface area (Å²) in [5.41, 5.74) is 1.88. The second-order valence-electron chi connectivity index (χ2n) is 3.78. The monoisotopic (exact) mass is 252 g/mol. The number of aromatic nitrogens is 1. The van der Waals surface area contributed by atoms with Crippen LogP contribution in [0.15, 0.2) is 24.3 Å². The van der Waals surface area contributed by atoms with Crippen LogP contribution in [0.5, 0.6) is 0 Å². The molecule has 0 atom stereocenters. The molecule has 3 N–H and O–H groups in total. The number of para-hydroxylation sites is 1. The number of carboxylic acid groups (broad SMARTS) is 1. The largest absolute Gasteiger partial charge is 0.481 e. The Morgan fingerprint density at radius 1 is 1.41 bits per heavy atom. The third-order valence-corrected chi connectivity index (χ3v) is 2.96. The Morgan fingerprint density at radius 3 is 2.88 bits per heavy atom. The Kier molecular flexibility index (Phi) is 3.66. The zero-order valence-electron chi connectivity index (χ0n) is 9.16. The van der Waals surface area contributed by atoms with Gasteiger partial charge in [-0.25, -0.2) is 0 Å². The van der Waals surface area contributed by atoms with Gasteiger partial charge in [-0.1, -0.05) is 29.8 Å². The fourth-order valence-corrected chi connectivity index (χ4v) is 1.97. The second-order valence-corrected chi connectivity index (χ2v) is 4.16. The number of benzene rings is 1. The molecule has 1 aromatic carbocycles. The SMILES string of the molecule is O=C(O)CCNCc1[nH]c2ccccc2c1Cl. The lowest BCUT2D eigenvalue weighted by atomic mass is 10.2. The van der Waals surface area contributed by atoms with Crippen molar-refractivity contribution < 1.29 is 9.90 Å². The van der Waals surface area contributed by atoms with Crippen LogP contribution in [0.2, 0.25) is 5.02 Å². The van der Waals surface area contributed by atoms with E-state index in [0.717, 1.165) is 16.6 Å². The molecule has 17 heavy (non-hydrogen) atoms. The van der Waals surface area contributed by atoms with Gasteiger partial charge in [0.1, 0.15) is 0 Å². The van der Waals surface area contributed by atoms with Crippen molar-refractivity contribution in [2.75, 3.05) is 6.54 Å². The van der Waals surface area contributed by atoms with E-state index >= 15 is 0 Å². The molecule has 0 saturated heterocycles. The van der Waals surface area contributed by atoms with Crippen LogP contribution >= 0.6 is 11.6 Å². The van der Waals surface area contributed by atoms with E-state index in [0.29, 0.717) is 18.1 Å². The summed E-state index contributed by atoms with van der Waals surface area (Å²) in [6.07, 6.45) is 0.109. The van der Waals surface area contributed by atoms with E-state index in [4.69, 9.17) is 16.7 Å². The zero-order valence-corrected chi connectivity index (χ0v) is 9.92. The number of hydrogen-bond acceptors (Lipinski definition) is 2. The molecular formula is C12H13ClN2O2. The van der Waals surface area contributed by atoms with Crippen LogP contribution in [0.1, 0.15) is 12.1 Å². The topological polar surface area (TPSA) is 65.1 Å². The molecule has 0 saturated carbocycles. The predicted molar refractivity (Wildman–Crippen MR) is 67.3 cm³/mol. The fourth-order valence-electron chi connectivity index (χ4n) is 1.69. The molecule has 1 aromatic heterocycles. The van der Waals surface area contributed by atoms with Crippen LogP contribution in [-0.2, 0) is 11.3 Å². The molecule has 5 heteroatoms. The number of H-pyrrole nitrogens is 1. The van der Waals surface area contributed by atoms with Gasteiger partial charge in [-0.05, 0) is 6.07 Å². The molecule has 0 aliphatic carbocycles. The summed E-state index contributed by atoms with van der Waals surface area (Å²) >= 11 is 6.21. The maximum absolute atomic E-state index is 10.3. The molecular weight excluding hydrogens is 240 g/mol. The molecule has 0 fully saturated rings. The van der Waals surface area contributed by atoms with Crippen molar-refractivity contribution in [2.45, 2.75) is 13.0 Å². The lowest BCUT2D eigenvalue weighted by Gasteiger charge is -2.01. The minimum atomic E-state index is -0.805. The zero-order chi connectivity index (χ0) is 12.3. The van der Waals surface area contributed by atoms with Gasteiger partial charge in [0.15, 0.2) is 0 Å². The Bertz CT molecular complexity index is 536. The lowest BCUT2D eigenvalue weighted by Crippen LogP contribution is -2.17. The maximum Gasteiger partial charge on any atom is 0.304 e. The summed E-state index contributed by atoms with van der Waals surface area (Å²) in [4.78, 5) is 13.6. The number of rotatable bonds is 5. The first-order valence-corrected chi connectivity index (χ1v) is 5.74. The smallest absolute Gasteiger partial charge is 0.304 e. The molecule has 0 aliphatic heterocycles. The van der Waals surface area contributed by atoms with Gasteiger partial charge in [0, 0.05) is 29.7 Å². The highest BCUT2D eigenvalue weighted by atomic mass is 35.5. The van der Waals surface area contributed by atoms with Crippen LogP contribution in [-0.4, -0.2) is 22.6 Å². The summed E-state index contributed by atoms with van der Waals surface area (Å²) in [5.74, 6) is -0.805. The summed E-state index contributed by atoms with van der Waals surface area (Å²) in [6, 6.07) is 7.79. The highest BCUT2D eigenvalue weighted by molar-refractivity contribution is 6.36. The summed E-state index contributed by atoms with van der Waals surface area (Å²) in [5, 5.41) is 13.2. The first-order valence-electron chi connectivity index (χ1n) is 5.36. The number of fused-ring (bicyclic) bond motifs is 1. The van der Waals surface area contributed by atoms with Crippen molar-refractivity contribution in [1.82, 2.24) is 10.3 Å². The summed E-state index contributed by atoms with van der Waals surface area (Å²) < 4.78 is 0. The van der Waals surface area contributed by atoms with E-state index in [1.54, 1.807) is 0 Å². The first kappa shape index (κ1) is 12.0. The van der Waals surface area contributed by atoms with Crippen LogP contribution < -0.4 is 5.32 Å². The molecule has 0 amide bonds. The van der Waals surface area contributed by atoms with E-state index in [1.165, 1.54) is 0 Å². The lowest BCUT2D eigenvalue weighted by molar-refractivity contribution is -0.136. The van der Waals surface area contributed by atoms with Gasteiger partial charge in [0.2, 0.25) is 0 Å². The van der Waals surface area contributed by atoms with E-state index in [2.05, 4.69) is 10.3 Å². The number of halogens is 1. The van der Waals surface area contributed by atoms with Crippen molar-refractivity contribution in [3.05, 3.63) is 35.0 Å². The Hall–Kier alpha value is -1.52. The third-order valence-electron chi connectivity index (χ3n) is 2.53. The molecule has 4 nitrogen and oxygen atoms in total. The van der Waals surface area contributed by atoms with Crippen LogP contribution in [0.4, 0.5) is 0 Å². The Morgan fingerprint density at radius 2 is 2.18 bits per heavy atom. The van der Waals surface area contributed by atoms with Crippen LogP contribution in [0, 0.1) is 0 Å². The van der Waals surface area contributed by atoms with Crippen molar-refractivity contribution in [3.63, 3.8) is 0 Å². The normalized spacial score (nSPS) is 10.9. The molecule has 2 rings (SSSR count). The van der Waals surface area contributed by atoms with Gasteiger partial charge in [0.25, 0.3) is 0 Å². The highest BCUT2D eigenvalue weighted by Gasteiger charge is 2.08. The van der Waals surface area contributed by atoms with Crippen molar-refractivity contribution >= 4 is 28.5 Å². The average Bonchev–Trinajstić information content (AvgIpc) is 2.63. The van der Waals surface area contributed by atoms with Gasteiger partial charge >= 0.3 is 5.97 Å². The van der Waals surface area contributed by atoms with Gasteiger partial charge in [-0.3, -0.25) is 4.79 Å². The average molecular weight is 253 g/mol. The molecule has 0 bridgehead atoms. The van der Waals surface area contributed by atoms with Gasteiger partial charge in [-0.15, -0.1) is 0 Å². The highest BCUT2D eigenvalue weighted by Crippen LogP contribution is 2.26. The van der Waals surface area contributed by atoms with Gasteiger partial charge in [0.05, 0.1) is 11.4 Å². The molecule has 1 heterocycles.